The highest BCUT2D eigenvalue weighted by Gasteiger charge is 2.09. The highest BCUT2D eigenvalue weighted by molar-refractivity contribution is 14.0. The number of nitrogens with one attached hydrogen (secondary N) is 2. The third-order valence-electron chi connectivity index (χ3n) is 4.03. The van der Waals surface area contributed by atoms with Crippen molar-refractivity contribution < 1.29 is 9.53 Å². The van der Waals surface area contributed by atoms with Crippen LogP contribution in [0, 0.1) is 0 Å². The molecule has 0 aliphatic carbocycles. The number of halogens is 2. The Bertz CT molecular complexity index is 580. The lowest BCUT2D eigenvalue weighted by Gasteiger charge is -2.26. The average molecular weight is 510 g/mol. The van der Waals surface area contributed by atoms with Gasteiger partial charge in [-0.3, -0.25) is 14.7 Å². The molecule has 1 amide bonds. The van der Waals surface area contributed by atoms with E-state index in [4.69, 9.17) is 22.1 Å². The van der Waals surface area contributed by atoms with Crippen molar-refractivity contribution in [2.45, 2.75) is 19.3 Å². The van der Waals surface area contributed by atoms with Gasteiger partial charge in [0.05, 0.1) is 13.2 Å². The van der Waals surface area contributed by atoms with Crippen molar-refractivity contribution in [2.75, 3.05) is 51.3 Å². The van der Waals surface area contributed by atoms with Crippen molar-refractivity contribution >= 4 is 53.1 Å². The molecule has 0 bridgehead atoms. The van der Waals surface area contributed by atoms with Gasteiger partial charge in [-0.25, -0.2) is 0 Å². The van der Waals surface area contributed by atoms with Gasteiger partial charge >= 0.3 is 0 Å². The number of ether oxygens (including phenoxy) is 1. The number of morpholine rings is 1. The predicted molar refractivity (Wildman–Crippen MR) is 121 cm³/mol. The molecule has 2 rings (SSSR count). The molecule has 4 N–H and O–H groups in total. The molecule has 0 aromatic heterocycles. The summed E-state index contributed by atoms with van der Waals surface area (Å²) in [6.07, 6.45) is 2.06. The molecule has 27 heavy (non-hydrogen) atoms. The molecule has 7 nitrogen and oxygen atoms in total. The minimum Gasteiger partial charge on any atom is -0.379 e. The largest absolute Gasteiger partial charge is 0.379 e. The predicted octanol–water partition coefficient (Wildman–Crippen LogP) is 2.30. The Morgan fingerprint density at radius 3 is 2.63 bits per heavy atom. The van der Waals surface area contributed by atoms with E-state index in [1.165, 1.54) is 0 Å². The van der Waals surface area contributed by atoms with Gasteiger partial charge in [-0.15, -0.1) is 24.0 Å². The number of benzene rings is 1. The quantitative estimate of drug-likeness (QED) is 0.206. The fraction of sp³-hybridized carbons (Fsp3) is 0.556. The van der Waals surface area contributed by atoms with E-state index in [0.717, 1.165) is 51.5 Å². The number of hydrogen-bond donors (Lipinski definition) is 3. The summed E-state index contributed by atoms with van der Waals surface area (Å²) in [4.78, 5) is 18.5. The van der Waals surface area contributed by atoms with E-state index < -0.39 is 0 Å². The fourth-order valence-electron chi connectivity index (χ4n) is 2.60. The minimum atomic E-state index is -0.0421. The van der Waals surface area contributed by atoms with E-state index in [2.05, 4.69) is 20.5 Å². The maximum atomic E-state index is 11.9. The van der Waals surface area contributed by atoms with Gasteiger partial charge < -0.3 is 21.1 Å². The number of nitrogens with two attached hydrogens (primary N) is 1. The van der Waals surface area contributed by atoms with Crippen LogP contribution in [0.15, 0.2) is 29.3 Å². The van der Waals surface area contributed by atoms with Crippen molar-refractivity contribution in [2.24, 2.45) is 10.7 Å². The Kier molecular flexibility index (Phi) is 12.4. The first-order valence-electron chi connectivity index (χ1n) is 9.03. The molecule has 152 valence electrons. The number of anilines is 1. The van der Waals surface area contributed by atoms with E-state index in [1.54, 1.807) is 24.3 Å². The van der Waals surface area contributed by atoms with Crippen molar-refractivity contribution in [3.05, 3.63) is 29.3 Å². The van der Waals surface area contributed by atoms with Crippen molar-refractivity contribution in [1.82, 2.24) is 10.2 Å². The number of amides is 1. The summed E-state index contributed by atoms with van der Waals surface area (Å²) in [7, 11) is 0. The number of carbonyl (C=O) groups excluding carboxylic acids is 1. The molecule has 1 heterocycles. The molecule has 1 aromatic rings. The molecule has 0 saturated carbocycles. The highest BCUT2D eigenvalue weighted by atomic mass is 127. The van der Waals surface area contributed by atoms with Crippen LogP contribution in [0.5, 0.6) is 0 Å². The maximum absolute atomic E-state index is 11.9. The van der Waals surface area contributed by atoms with Gasteiger partial charge in [-0.05, 0) is 43.7 Å². The Morgan fingerprint density at radius 2 is 1.93 bits per heavy atom. The van der Waals surface area contributed by atoms with Crippen LogP contribution in [0.1, 0.15) is 19.3 Å². The Hall–Kier alpha value is -1.10. The first-order valence-corrected chi connectivity index (χ1v) is 9.40. The summed E-state index contributed by atoms with van der Waals surface area (Å²) >= 11 is 5.81. The summed E-state index contributed by atoms with van der Waals surface area (Å²) in [5, 5.41) is 6.58. The fourth-order valence-corrected chi connectivity index (χ4v) is 2.72. The molecule has 1 fully saturated rings. The normalized spacial score (nSPS) is 15.1. The van der Waals surface area contributed by atoms with Crippen LogP contribution in [-0.4, -0.2) is 62.7 Å². The van der Waals surface area contributed by atoms with E-state index >= 15 is 0 Å². The van der Waals surface area contributed by atoms with Gasteiger partial charge in [-0.2, -0.15) is 0 Å². The van der Waals surface area contributed by atoms with Gasteiger partial charge in [-0.1, -0.05) is 11.6 Å². The molecule has 1 aliphatic rings. The summed E-state index contributed by atoms with van der Waals surface area (Å²) in [6, 6.07) is 7.04. The van der Waals surface area contributed by atoms with Crippen LogP contribution in [0.2, 0.25) is 5.02 Å². The molecular weight excluding hydrogens is 481 g/mol. The molecule has 0 unspecified atom stereocenters. The first kappa shape index (κ1) is 23.9. The second-order valence-corrected chi connectivity index (χ2v) is 6.60. The molecule has 0 radical (unpaired) electrons. The Balaban J connectivity index is 0.00000364. The smallest absolute Gasteiger partial charge is 0.224 e. The number of carbonyl (C=O) groups is 1. The number of guanidine groups is 1. The Labute approximate surface area is 183 Å². The SMILES string of the molecule is I.NC(=NCCCC(=O)Nc1ccc(Cl)cc1)NCCCN1CCOCC1. The number of rotatable bonds is 9. The van der Waals surface area contributed by atoms with Crippen LogP contribution in [0.3, 0.4) is 0 Å². The highest BCUT2D eigenvalue weighted by Crippen LogP contribution is 2.13. The summed E-state index contributed by atoms with van der Waals surface area (Å²) in [6.45, 7) is 6.00. The maximum Gasteiger partial charge on any atom is 0.224 e. The Morgan fingerprint density at radius 1 is 1.22 bits per heavy atom. The zero-order valence-electron chi connectivity index (χ0n) is 15.5. The van der Waals surface area contributed by atoms with Crippen LogP contribution >= 0.6 is 35.6 Å². The molecule has 0 atom stereocenters. The number of aliphatic imine (C=N–C) groups is 1. The van der Waals surface area contributed by atoms with Gasteiger partial charge in [0.1, 0.15) is 0 Å². The van der Waals surface area contributed by atoms with Gasteiger partial charge in [0.25, 0.3) is 0 Å². The first-order chi connectivity index (χ1) is 12.6. The summed E-state index contributed by atoms with van der Waals surface area (Å²) in [5.74, 6) is 0.393. The average Bonchev–Trinajstić information content (AvgIpc) is 2.65. The number of hydrogen-bond acceptors (Lipinski definition) is 4. The molecule has 9 heteroatoms. The van der Waals surface area contributed by atoms with Gasteiger partial charge in [0.15, 0.2) is 5.96 Å². The van der Waals surface area contributed by atoms with Crippen molar-refractivity contribution in [1.29, 1.82) is 0 Å². The molecule has 0 spiro atoms. The van der Waals surface area contributed by atoms with E-state index in [1.807, 2.05) is 0 Å². The van der Waals surface area contributed by atoms with E-state index in [-0.39, 0.29) is 29.9 Å². The van der Waals surface area contributed by atoms with Crippen molar-refractivity contribution in [3.63, 3.8) is 0 Å². The van der Waals surface area contributed by atoms with Gasteiger partial charge in [0, 0.05) is 43.3 Å². The topological polar surface area (TPSA) is 92.0 Å². The van der Waals surface area contributed by atoms with Crippen LogP contribution in [-0.2, 0) is 9.53 Å². The van der Waals surface area contributed by atoms with E-state index in [0.29, 0.717) is 30.4 Å². The van der Waals surface area contributed by atoms with E-state index in [9.17, 15) is 4.79 Å². The summed E-state index contributed by atoms with van der Waals surface area (Å²) in [5.41, 5.74) is 6.58. The van der Waals surface area contributed by atoms with Crippen LogP contribution < -0.4 is 16.4 Å². The standard InChI is InChI=1S/C18H28ClN5O2.HI/c19-15-4-6-16(7-5-15)23-17(25)3-1-8-21-18(20)22-9-2-10-24-11-13-26-14-12-24;/h4-7H,1-3,8-14H2,(H,23,25)(H3,20,21,22);1H. The van der Waals surface area contributed by atoms with Gasteiger partial charge in [0.2, 0.25) is 5.91 Å². The molecular formula is C18H29ClIN5O2. The molecule has 1 saturated heterocycles. The lowest BCUT2D eigenvalue weighted by atomic mass is 10.2. The zero-order chi connectivity index (χ0) is 18.6. The third kappa shape index (κ3) is 10.7. The zero-order valence-corrected chi connectivity index (χ0v) is 18.5. The molecule has 1 aliphatic heterocycles. The lowest BCUT2D eigenvalue weighted by Crippen LogP contribution is -2.39. The van der Waals surface area contributed by atoms with Crippen molar-refractivity contribution in [3.8, 4) is 0 Å². The molecule has 1 aromatic carbocycles. The van der Waals surface area contributed by atoms with Crippen LogP contribution in [0.4, 0.5) is 5.69 Å². The second kappa shape index (κ2) is 14.0. The summed E-state index contributed by atoms with van der Waals surface area (Å²) < 4.78 is 5.32. The van der Waals surface area contributed by atoms with Crippen LogP contribution in [0.25, 0.3) is 0 Å². The third-order valence-corrected chi connectivity index (χ3v) is 4.28. The minimum absolute atomic E-state index is 0. The second-order valence-electron chi connectivity index (χ2n) is 6.16. The number of nitrogens with zero attached hydrogens (tertiary/aromatic N) is 2. The monoisotopic (exact) mass is 509 g/mol. The lowest BCUT2D eigenvalue weighted by molar-refractivity contribution is -0.116.